The Morgan fingerprint density at radius 1 is 1.17 bits per heavy atom. The molecule has 0 saturated heterocycles. The molecular formula is C11H20O. The van der Waals surface area contributed by atoms with E-state index in [4.69, 9.17) is 4.74 Å². The van der Waals surface area contributed by atoms with Crippen molar-refractivity contribution in [3.8, 4) is 0 Å². The van der Waals surface area contributed by atoms with E-state index in [-0.39, 0.29) is 0 Å². The van der Waals surface area contributed by atoms with Gasteiger partial charge in [-0.2, -0.15) is 0 Å². The highest BCUT2D eigenvalue weighted by Gasteiger charge is 1.83. The van der Waals surface area contributed by atoms with Gasteiger partial charge in [-0.15, -0.1) is 0 Å². The van der Waals surface area contributed by atoms with Crippen LogP contribution >= 0.6 is 0 Å². The molecule has 0 amide bonds. The summed E-state index contributed by atoms with van der Waals surface area (Å²) < 4.78 is 4.94. The first-order valence-corrected chi connectivity index (χ1v) is 4.79. The molecule has 0 radical (unpaired) electrons. The molecule has 0 bridgehead atoms. The maximum absolute atomic E-state index is 4.94. The Morgan fingerprint density at radius 2 is 2.00 bits per heavy atom. The van der Waals surface area contributed by atoms with Crippen LogP contribution in [-0.2, 0) is 4.74 Å². The van der Waals surface area contributed by atoms with Crippen LogP contribution in [0.25, 0.3) is 0 Å². The van der Waals surface area contributed by atoms with E-state index >= 15 is 0 Å². The van der Waals surface area contributed by atoms with Crippen LogP contribution in [0.15, 0.2) is 25.0 Å². The van der Waals surface area contributed by atoms with Crippen molar-refractivity contribution in [2.75, 3.05) is 6.61 Å². The molecule has 0 aromatic carbocycles. The summed E-state index contributed by atoms with van der Waals surface area (Å²) in [6, 6.07) is 0. The van der Waals surface area contributed by atoms with Crippen LogP contribution in [0.1, 0.15) is 39.0 Å². The van der Waals surface area contributed by atoms with Crippen LogP contribution in [-0.4, -0.2) is 6.61 Å². The molecule has 0 heterocycles. The average Bonchev–Trinajstić information content (AvgIpc) is 2.10. The van der Waals surface area contributed by atoms with Gasteiger partial charge in [0.1, 0.15) is 6.61 Å². The second kappa shape index (κ2) is 10.3. The van der Waals surface area contributed by atoms with Crippen LogP contribution in [0, 0.1) is 0 Å². The van der Waals surface area contributed by atoms with Crippen LogP contribution in [0.4, 0.5) is 0 Å². The Morgan fingerprint density at radius 3 is 2.67 bits per heavy atom. The third kappa shape index (κ3) is 9.28. The van der Waals surface area contributed by atoms with Gasteiger partial charge < -0.3 is 4.74 Å². The maximum Gasteiger partial charge on any atom is 0.105 e. The van der Waals surface area contributed by atoms with Crippen LogP contribution in [0.5, 0.6) is 0 Å². The summed E-state index contributed by atoms with van der Waals surface area (Å²) in [5.41, 5.74) is 0. The Balaban J connectivity index is 2.97. The lowest BCUT2D eigenvalue weighted by molar-refractivity contribution is 0.291. The van der Waals surface area contributed by atoms with Crippen molar-refractivity contribution in [3.05, 3.63) is 25.0 Å². The molecular weight excluding hydrogens is 148 g/mol. The van der Waals surface area contributed by atoms with E-state index in [0.717, 1.165) is 0 Å². The van der Waals surface area contributed by atoms with Gasteiger partial charge in [0.15, 0.2) is 0 Å². The van der Waals surface area contributed by atoms with Crippen LogP contribution in [0.3, 0.4) is 0 Å². The van der Waals surface area contributed by atoms with Gasteiger partial charge in [-0.3, -0.25) is 0 Å². The summed E-state index contributed by atoms with van der Waals surface area (Å²) in [5.74, 6) is 0. The smallest absolute Gasteiger partial charge is 0.105 e. The molecule has 0 fully saturated rings. The van der Waals surface area contributed by atoms with Crippen molar-refractivity contribution in [1.29, 1.82) is 0 Å². The van der Waals surface area contributed by atoms with E-state index in [1.165, 1.54) is 38.4 Å². The number of ether oxygens (including phenoxy) is 1. The van der Waals surface area contributed by atoms with Gasteiger partial charge in [-0.05, 0) is 12.8 Å². The van der Waals surface area contributed by atoms with E-state index in [1.54, 1.807) is 0 Å². The molecule has 70 valence electrons. The van der Waals surface area contributed by atoms with Crippen molar-refractivity contribution in [2.24, 2.45) is 0 Å². The largest absolute Gasteiger partial charge is 0.498 e. The molecule has 0 aliphatic heterocycles. The van der Waals surface area contributed by atoms with E-state index in [1.807, 2.05) is 6.08 Å². The fourth-order valence-corrected chi connectivity index (χ4v) is 0.998. The molecule has 0 rings (SSSR count). The molecule has 1 heteroatoms. The molecule has 1 nitrogen and oxygen atoms in total. The Bertz CT molecular complexity index is 116. The summed E-state index contributed by atoms with van der Waals surface area (Å²) in [4.78, 5) is 0. The van der Waals surface area contributed by atoms with E-state index in [0.29, 0.717) is 6.61 Å². The number of hydrogen-bond donors (Lipinski definition) is 0. The first-order chi connectivity index (χ1) is 5.91. The molecule has 0 aliphatic rings. The van der Waals surface area contributed by atoms with Crippen molar-refractivity contribution < 1.29 is 4.74 Å². The van der Waals surface area contributed by atoms with Crippen molar-refractivity contribution >= 4 is 0 Å². The first kappa shape index (κ1) is 11.3. The lowest BCUT2D eigenvalue weighted by Crippen LogP contribution is -1.79. The minimum absolute atomic E-state index is 0.664. The molecule has 0 aliphatic carbocycles. The van der Waals surface area contributed by atoms with Gasteiger partial charge in [0, 0.05) is 0 Å². The predicted octanol–water partition coefficient (Wildman–Crippen LogP) is 3.67. The maximum atomic E-state index is 4.94. The quantitative estimate of drug-likeness (QED) is 0.305. The summed E-state index contributed by atoms with van der Waals surface area (Å²) in [6.07, 6.45) is 12.2. The number of rotatable bonds is 8. The van der Waals surface area contributed by atoms with E-state index in [2.05, 4.69) is 19.6 Å². The van der Waals surface area contributed by atoms with E-state index in [9.17, 15) is 0 Å². The van der Waals surface area contributed by atoms with Crippen molar-refractivity contribution in [2.45, 2.75) is 39.0 Å². The summed E-state index contributed by atoms with van der Waals surface area (Å²) >= 11 is 0. The highest BCUT2D eigenvalue weighted by molar-refractivity contribution is 4.81. The number of hydrogen-bond acceptors (Lipinski definition) is 1. The molecule has 0 spiro atoms. The molecule has 0 aromatic rings. The fourth-order valence-electron chi connectivity index (χ4n) is 0.998. The lowest BCUT2D eigenvalue weighted by atomic mass is 10.1. The monoisotopic (exact) mass is 168 g/mol. The van der Waals surface area contributed by atoms with Gasteiger partial charge in [-0.25, -0.2) is 0 Å². The van der Waals surface area contributed by atoms with Gasteiger partial charge in [-0.1, -0.05) is 44.9 Å². The highest BCUT2D eigenvalue weighted by Crippen LogP contribution is 2.02. The Labute approximate surface area is 76.1 Å². The van der Waals surface area contributed by atoms with Crippen LogP contribution in [0.2, 0.25) is 0 Å². The van der Waals surface area contributed by atoms with E-state index < -0.39 is 0 Å². The molecule has 0 N–H and O–H groups in total. The second-order valence-corrected chi connectivity index (χ2v) is 2.82. The zero-order valence-corrected chi connectivity index (χ0v) is 8.09. The summed E-state index contributed by atoms with van der Waals surface area (Å²) in [6.45, 7) is 6.36. The fraction of sp³-hybridized carbons (Fsp3) is 0.636. The SMILES string of the molecule is C=COC/C=C/CCCCCC. The first-order valence-electron chi connectivity index (χ1n) is 4.79. The third-order valence-corrected chi connectivity index (χ3v) is 1.70. The van der Waals surface area contributed by atoms with Crippen LogP contribution < -0.4 is 0 Å². The second-order valence-electron chi connectivity index (χ2n) is 2.82. The molecule has 0 saturated carbocycles. The average molecular weight is 168 g/mol. The minimum atomic E-state index is 0.664. The zero-order valence-electron chi connectivity index (χ0n) is 8.09. The predicted molar refractivity (Wildman–Crippen MR) is 54.0 cm³/mol. The zero-order chi connectivity index (χ0) is 9.07. The standard InChI is InChI=1S/C11H20O/c1-3-5-6-7-8-9-10-11-12-4-2/h4,9-10H,2-3,5-8,11H2,1H3/b10-9+. The van der Waals surface area contributed by atoms with Crippen molar-refractivity contribution in [3.63, 3.8) is 0 Å². The Hall–Kier alpha value is -0.720. The lowest BCUT2D eigenvalue weighted by Gasteiger charge is -1.94. The number of allylic oxidation sites excluding steroid dienone is 1. The summed E-state index contributed by atoms with van der Waals surface area (Å²) in [5, 5.41) is 0. The van der Waals surface area contributed by atoms with Gasteiger partial charge in [0.05, 0.1) is 6.26 Å². The minimum Gasteiger partial charge on any atom is -0.498 e. The van der Waals surface area contributed by atoms with Gasteiger partial charge in [0.25, 0.3) is 0 Å². The topological polar surface area (TPSA) is 9.23 Å². The normalized spacial score (nSPS) is 10.4. The highest BCUT2D eigenvalue weighted by atomic mass is 16.5. The molecule has 0 atom stereocenters. The molecule has 12 heavy (non-hydrogen) atoms. The number of unbranched alkanes of at least 4 members (excludes halogenated alkanes) is 4. The third-order valence-electron chi connectivity index (χ3n) is 1.70. The Kier molecular flexibility index (Phi) is 9.66. The molecule has 0 unspecified atom stereocenters. The molecule has 0 aromatic heterocycles. The van der Waals surface area contributed by atoms with Gasteiger partial charge in [0.2, 0.25) is 0 Å². The van der Waals surface area contributed by atoms with Gasteiger partial charge >= 0.3 is 0 Å². The van der Waals surface area contributed by atoms with Crippen molar-refractivity contribution in [1.82, 2.24) is 0 Å². The summed E-state index contributed by atoms with van der Waals surface area (Å²) in [7, 11) is 0.